The van der Waals surface area contributed by atoms with E-state index in [1.165, 1.54) is 11.3 Å². The van der Waals surface area contributed by atoms with Crippen LogP contribution in [0, 0.1) is 0 Å². The van der Waals surface area contributed by atoms with Crippen molar-refractivity contribution in [1.82, 2.24) is 19.8 Å². The van der Waals surface area contributed by atoms with Crippen LogP contribution in [0.15, 0.2) is 47.0 Å². The number of carboxylic acid groups (broad SMARTS) is 1. The number of carbonyl (C=O) groups excluding carboxylic acids is 1. The molecule has 1 N–H and O–H groups in total. The van der Waals surface area contributed by atoms with Gasteiger partial charge in [-0.3, -0.25) is 14.5 Å². The summed E-state index contributed by atoms with van der Waals surface area (Å²) in [5.74, 6) is 1.99. The van der Waals surface area contributed by atoms with Gasteiger partial charge >= 0.3 is 0 Å². The summed E-state index contributed by atoms with van der Waals surface area (Å²) >= 11 is 1.48. The highest BCUT2D eigenvalue weighted by Gasteiger charge is 2.30. The SMILES string of the molecule is O=C1CCCN1C1CCN(Cc2cc3ccc(Oc4nc5ncccc5s4)cc3o2)CC1.O=CO. The van der Waals surface area contributed by atoms with Gasteiger partial charge in [-0.2, -0.15) is 4.98 Å². The number of thiazole rings is 1. The van der Waals surface area contributed by atoms with Gasteiger partial charge in [-0.05, 0) is 49.6 Å². The zero-order chi connectivity index (χ0) is 24.2. The van der Waals surface area contributed by atoms with E-state index in [0.29, 0.717) is 28.5 Å². The molecule has 182 valence electrons. The minimum Gasteiger partial charge on any atom is -0.483 e. The van der Waals surface area contributed by atoms with Gasteiger partial charge in [0.2, 0.25) is 5.91 Å². The van der Waals surface area contributed by atoms with Crippen molar-refractivity contribution in [2.24, 2.45) is 0 Å². The summed E-state index contributed by atoms with van der Waals surface area (Å²) in [6.07, 6.45) is 5.55. The van der Waals surface area contributed by atoms with Crippen molar-refractivity contribution in [1.29, 1.82) is 0 Å². The molecule has 35 heavy (non-hydrogen) atoms. The lowest BCUT2D eigenvalue weighted by atomic mass is 10.0. The maximum Gasteiger partial charge on any atom is 0.290 e. The lowest BCUT2D eigenvalue weighted by molar-refractivity contribution is -0.130. The second-order valence-corrected chi connectivity index (χ2v) is 9.62. The second kappa shape index (κ2) is 10.4. The predicted octanol–water partition coefficient (Wildman–Crippen LogP) is 4.52. The number of pyridine rings is 1. The Balaban J connectivity index is 0.000000806. The fourth-order valence-corrected chi connectivity index (χ4v) is 5.56. The fourth-order valence-electron chi connectivity index (χ4n) is 4.77. The number of ether oxygens (including phenoxy) is 1. The van der Waals surface area contributed by atoms with Gasteiger partial charge in [-0.15, -0.1) is 0 Å². The first kappa shape index (κ1) is 23.3. The van der Waals surface area contributed by atoms with Gasteiger partial charge < -0.3 is 19.2 Å². The van der Waals surface area contributed by atoms with Gasteiger partial charge in [0.1, 0.15) is 17.1 Å². The Hall–Kier alpha value is -3.50. The number of rotatable bonds is 5. The van der Waals surface area contributed by atoms with Crippen molar-refractivity contribution in [2.75, 3.05) is 19.6 Å². The van der Waals surface area contributed by atoms with E-state index >= 15 is 0 Å². The van der Waals surface area contributed by atoms with Crippen molar-refractivity contribution >= 4 is 45.0 Å². The zero-order valence-corrected chi connectivity index (χ0v) is 19.9. The van der Waals surface area contributed by atoms with Gasteiger partial charge in [0.15, 0.2) is 5.65 Å². The van der Waals surface area contributed by atoms with Crippen LogP contribution in [0.5, 0.6) is 10.9 Å². The highest BCUT2D eigenvalue weighted by molar-refractivity contribution is 7.20. The van der Waals surface area contributed by atoms with Crippen LogP contribution in [0.1, 0.15) is 31.4 Å². The molecule has 0 aliphatic carbocycles. The first-order valence-corrected chi connectivity index (χ1v) is 12.5. The summed E-state index contributed by atoms with van der Waals surface area (Å²) in [4.78, 5) is 33.6. The summed E-state index contributed by atoms with van der Waals surface area (Å²) in [6, 6.07) is 12.3. The Morgan fingerprint density at radius 3 is 2.77 bits per heavy atom. The monoisotopic (exact) mass is 494 g/mol. The fraction of sp³-hybridized carbons (Fsp3) is 0.360. The Bertz CT molecular complexity index is 1290. The molecule has 0 atom stereocenters. The second-order valence-electron chi connectivity index (χ2n) is 8.62. The van der Waals surface area contributed by atoms with Crippen molar-refractivity contribution < 1.29 is 23.8 Å². The molecule has 5 heterocycles. The van der Waals surface area contributed by atoms with Gasteiger partial charge in [0.05, 0.1) is 11.2 Å². The van der Waals surface area contributed by atoms with Crippen LogP contribution in [-0.2, 0) is 16.1 Å². The van der Waals surface area contributed by atoms with Gasteiger partial charge in [0.25, 0.3) is 11.7 Å². The summed E-state index contributed by atoms with van der Waals surface area (Å²) < 4.78 is 13.1. The topological polar surface area (TPSA) is 109 Å². The van der Waals surface area contributed by atoms with Crippen LogP contribution >= 0.6 is 11.3 Å². The molecule has 9 nitrogen and oxygen atoms in total. The number of nitrogens with zero attached hydrogens (tertiary/aromatic N) is 4. The van der Waals surface area contributed by atoms with E-state index in [9.17, 15) is 4.79 Å². The van der Waals surface area contributed by atoms with E-state index in [1.807, 2.05) is 30.3 Å². The average molecular weight is 495 g/mol. The first-order chi connectivity index (χ1) is 17.1. The van der Waals surface area contributed by atoms with Crippen molar-refractivity contribution in [3.05, 3.63) is 48.4 Å². The molecule has 1 amide bonds. The molecule has 6 rings (SSSR count). The van der Waals surface area contributed by atoms with Gasteiger partial charge in [-0.1, -0.05) is 11.3 Å². The molecule has 0 unspecified atom stereocenters. The lowest BCUT2D eigenvalue weighted by Gasteiger charge is -2.36. The van der Waals surface area contributed by atoms with E-state index in [-0.39, 0.29) is 6.47 Å². The Kier molecular flexibility index (Phi) is 6.91. The molecule has 3 aromatic heterocycles. The third-order valence-electron chi connectivity index (χ3n) is 6.38. The van der Waals surface area contributed by atoms with Crippen molar-refractivity contribution in [2.45, 2.75) is 38.3 Å². The Morgan fingerprint density at radius 1 is 1.20 bits per heavy atom. The first-order valence-electron chi connectivity index (χ1n) is 11.6. The standard InChI is InChI=1S/C24H24N4O3S.CH2O2/c29-22-4-2-10-28(22)17-7-11-27(12-8-17)15-19-13-16-5-6-18(14-20(16)30-19)31-24-26-23-21(32-24)3-1-9-25-23;2-1-3/h1,3,5-6,9,13-14,17H,2,4,7-8,10-12,15H2;1H,(H,2,3). The van der Waals surface area contributed by atoms with Crippen LogP contribution in [0.3, 0.4) is 0 Å². The number of fused-ring (bicyclic) bond motifs is 2. The molecule has 2 aliphatic rings. The van der Waals surface area contributed by atoms with Crippen LogP contribution in [0.4, 0.5) is 0 Å². The normalized spacial score (nSPS) is 17.0. The molecule has 0 saturated carbocycles. The van der Waals surface area contributed by atoms with Crippen molar-refractivity contribution in [3.8, 4) is 10.9 Å². The number of benzene rings is 1. The number of piperidine rings is 1. The van der Waals surface area contributed by atoms with Crippen LogP contribution in [0.25, 0.3) is 21.3 Å². The van der Waals surface area contributed by atoms with Crippen molar-refractivity contribution in [3.63, 3.8) is 0 Å². The molecule has 0 spiro atoms. The lowest BCUT2D eigenvalue weighted by Crippen LogP contribution is -2.45. The van der Waals surface area contributed by atoms with Gasteiger partial charge in [0, 0.05) is 49.7 Å². The largest absolute Gasteiger partial charge is 0.483 e. The molecule has 2 aliphatic heterocycles. The Morgan fingerprint density at radius 2 is 2.03 bits per heavy atom. The maximum atomic E-state index is 12.0. The highest BCUT2D eigenvalue weighted by Crippen LogP contribution is 2.33. The minimum absolute atomic E-state index is 0.250. The van der Waals surface area contributed by atoms with E-state index in [4.69, 9.17) is 19.1 Å². The Labute approximate surface area is 205 Å². The van der Waals surface area contributed by atoms with Crippen LogP contribution < -0.4 is 4.74 Å². The predicted molar refractivity (Wildman–Crippen MR) is 132 cm³/mol. The van der Waals surface area contributed by atoms with E-state index in [1.54, 1.807) is 6.20 Å². The van der Waals surface area contributed by atoms with E-state index in [2.05, 4.69) is 25.8 Å². The molecule has 2 saturated heterocycles. The number of hydrogen-bond acceptors (Lipinski definition) is 8. The number of aromatic nitrogens is 2. The molecule has 10 heteroatoms. The summed E-state index contributed by atoms with van der Waals surface area (Å²) in [7, 11) is 0. The quantitative estimate of drug-likeness (QED) is 0.404. The van der Waals surface area contributed by atoms with Crippen LogP contribution in [0.2, 0.25) is 0 Å². The minimum atomic E-state index is -0.250. The van der Waals surface area contributed by atoms with E-state index < -0.39 is 0 Å². The molecule has 2 fully saturated rings. The third-order valence-corrected chi connectivity index (χ3v) is 7.27. The van der Waals surface area contributed by atoms with E-state index in [0.717, 1.165) is 73.3 Å². The number of likely N-dealkylation sites (tertiary alicyclic amines) is 2. The summed E-state index contributed by atoms with van der Waals surface area (Å²) in [5, 5.41) is 8.53. The van der Waals surface area contributed by atoms with Gasteiger partial charge in [-0.25, -0.2) is 4.98 Å². The molecule has 4 aromatic rings. The summed E-state index contributed by atoms with van der Waals surface area (Å²) in [5.41, 5.74) is 1.51. The number of furan rings is 1. The zero-order valence-electron chi connectivity index (χ0n) is 19.1. The molecule has 0 bridgehead atoms. The summed E-state index contributed by atoms with van der Waals surface area (Å²) in [6.45, 7) is 3.46. The molecule has 0 radical (unpaired) electrons. The average Bonchev–Trinajstić information content (AvgIpc) is 3.57. The number of carbonyl (C=O) groups is 2. The van der Waals surface area contributed by atoms with Crippen LogP contribution in [-0.4, -0.2) is 62.9 Å². The number of amides is 1. The third kappa shape index (κ3) is 5.28. The number of hydrogen-bond donors (Lipinski definition) is 1. The molecular formula is C25H26N4O5S. The maximum absolute atomic E-state index is 12.0. The molecular weight excluding hydrogens is 468 g/mol. The smallest absolute Gasteiger partial charge is 0.290 e. The molecule has 1 aromatic carbocycles. The highest BCUT2D eigenvalue weighted by atomic mass is 32.1.